The van der Waals surface area contributed by atoms with Crippen molar-refractivity contribution in [1.29, 1.82) is 0 Å². The van der Waals surface area contributed by atoms with Crippen LogP contribution in [0.5, 0.6) is 0 Å². The average molecular weight is 386 g/mol. The molecule has 0 bridgehead atoms. The number of oxazole rings is 1. The number of rotatable bonds is 9. The number of nitrogens with zero attached hydrogens (tertiary/aromatic N) is 3. The highest BCUT2D eigenvalue weighted by Crippen LogP contribution is 2.12. The zero-order valence-corrected chi connectivity index (χ0v) is 16.8. The normalized spacial score (nSPS) is 15.1. The molecule has 0 spiro atoms. The van der Waals surface area contributed by atoms with E-state index in [-0.39, 0.29) is 5.91 Å². The number of benzene rings is 1. The van der Waals surface area contributed by atoms with E-state index < -0.39 is 0 Å². The monoisotopic (exact) mass is 386 g/mol. The molecule has 7 heteroatoms. The number of aryl methyl sites for hydroxylation is 1. The number of amides is 1. The van der Waals surface area contributed by atoms with Gasteiger partial charge in [0, 0.05) is 39.3 Å². The van der Waals surface area contributed by atoms with E-state index in [1.54, 1.807) is 0 Å². The van der Waals surface area contributed by atoms with Crippen molar-refractivity contribution < 1.29 is 13.9 Å². The summed E-state index contributed by atoms with van der Waals surface area (Å²) in [5.74, 6) is 0.368. The van der Waals surface area contributed by atoms with Crippen LogP contribution in [0.3, 0.4) is 0 Å². The molecule has 1 aromatic carbocycles. The Balaban J connectivity index is 1.65. The van der Waals surface area contributed by atoms with Gasteiger partial charge in [-0.05, 0) is 19.4 Å². The van der Waals surface area contributed by atoms with Crippen LogP contribution in [0.4, 0.5) is 0 Å². The van der Waals surface area contributed by atoms with Crippen LogP contribution in [0, 0.1) is 6.92 Å². The first-order valence-corrected chi connectivity index (χ1v) is 9.94. The Hall–Kier alpha value is -2.22. The van der Waals surface area contributed by atoms with E-state index in [1.165, 1.54) is 17.4 Å². The van der Waals surface area contributed by atoms with Gasteiger partial charge in [-0.15, -0.1) is 0 Å². The highest BCUT2D eigenvalue weighted by molar-refractivity contribution is 5.91. The Morgan fingerprint density at radius 3 is 2.86 bits per heavy atom. The Kier molecular flexibility index (Phi) is 7.59. The van der Waals surface area contributed by atoms with Crippen LogP contribution in [0.25, 0.3) is 0 Å². The average Bonchev–Trinajstić information content (AvgIpc) is 3.16. The van der Waals surface area contributed by atoms with Crippen LogP contribution < -0.4 is 5.32 Å². The fraction of sp³-hybridized carbons (Fsp3) is 0.524. The molecule has 1 fully saturated rings. The lowest BCUT2D eigenvalue weighted by molar-refractivity contribution is 0.0320. The summed E-state index contributed by atoms with van der Waals surface area (Å²) in [6.07, 6.45) is 1.44. The summed E-state index contributed by atoms with van der Waals surface area (Å²) in [4.78, 5) is 21.0. The summed E-state index contributed by atoms with van der Waals surface area (Å²) >= 11 is 0. The molecule has 0 radical (unpaired) electrons. The molecule has 1 amide bonds. The first-order valence-electron chi connectivity index (χ1n) is 9.94. The van der Waals surface area contributed by atoms with Crippen molar-refractivity contribution in [3.8, 4) is 0 Å². The molecular formula is C21H30N4O3. The molecule has 1 aliphatic heterocycles. The third kappa shape index (κ3) is 6.15. The van der Waals surface area contributed by atoms with Crippen molar-refractivity contribution in [3.05, 3.63) is 53.2 Å². The predicted molar refractivity (Wildman–Crippen MR) is 107 cm³/mol. The van der Waals surface area contributed by atoms with Crippen LogP contribution in [0.15, 0.2) is 34.9 Å². The molecule has 7 nitrogen and oxygen atoms in total. The minimum absolute atomic E-state index is 0.198. The molecule has 0 unspecified atom stereocenters. The van der Waals surface area contributed by atoms with E-state index in [2.05, 4.69) is 51.3 Å². The lowest BCUT2D eigenvalue weighted by Crippen LogP contribution is -2.41. The van der Waals surface area contributed by atoms with E-state index >= 15 is 0 Å². The number of aromatic nitrogens is 1. The molecule has 2 aromatic rings. The first-order chi connectivity index (χ1) is 13.6. The summed E-state index contributed by atoms with van der Waals surface area (Å²) in [5, 5.41) is 2.75. The maximum atomic E-state index is 11.9. The van der Waals surface area contributed by atoms with E-state index in [9.17, 15) is 4.79 Å². The first kappa shape index (κ1) is 20.5. The zero-order chi connectivity index (χ0) is 19.8. The predicted octanol–water partition coefficient (Wildman–Crippen LogP) is 2.07. The van der Waals surface area contributed by atoms with Crippen molar-refractivity contribution in [3.63, 3.8) is 0 Å². The second-order valence-electron chi connectivity index (χ2n) is 7.14. The van der Waals surface area contributed by atoms with Crippen LogP contribution in [0.2, 0.25) is 0 Å². The summed E-state index contributed by atoms with van der Waals surface area (Å²) in [5.41, 5.74) is 2.85. The minimum Gasteiger partial charge on any atom is -0.447 e. The Labute approximate surface area is 166 Å². The van der Waals surface area contributed by atoms with Gasteiger partial charge in [0.05, 0.1) is 19.8 Å². The summed E-state index contributed by atoms with van der Waals surface area (Å²) in [6, 6.07) is 8.54. The molecule has 28 heavy (non-hydrogen) atoms. The highest BCUT2D eigenvalue weighted by Gasteiger charge is 2.17. The Morgan fingerprint density at radius 2 is 2.11 bits per heavy atom. The molecule has 0 aliphatic carbocycles. The van der Waals surface area contributed by atoms with Crippen LogP contribution in [0.1, 0.15) is 34.4 Å². The maximum absolute atomic E-state index is 11.9. The van der Waals surface area contributed by atoms with Crippen LogP contribution in [-0.4, -0.2) is 66.6 Å². The second-order valence-corrected chi connectivity index (χ2v) is 7.14. The van der Waals surface area contributed by atoms with Gasteiger partial charge >= 0.3 is 0 Å². The maximum Gasteiger partial charge on any atom is 0.273 e. The fourth-order valence-electron chi connectivity index (χ4n) is 3.32. The van der Waals surface area contributed by atoms with Gasteiger partial charge in [0.1, 0.15) is 6.26 Å². The number of morpholine rings is 1. The van der Waals surface area contributed by atoms with E-state index in [4.69, 9.17) is 9.15 Å². The molecule has 1 aliphatic rings. The third-order valence-electron chi connectivity index (χ3n) is 4.81. The molecule has 1 saturated heterocycles. The molecular weight excluding hydrogens is 356 g/mol. The standard InChI is InChI=1S/C21H30N4O3/c1-3-22-21(26)19-16-28-20(23-19)15-25(8-7-24-9-11-27-12-10-24)14-18-6-4-5-17(2)13-18/h4-6,13,16H,3,7-12,14-15H2,1-2H3,(H,22,26). The number of carbonyl (C=O) groups excluding carboxylic acids is 1. The van der Waals surface area contributed by atoms with E-state index in [0.717, 1.165) is 45.9 Å². The third-order valence-corrected chi connectivity index (χ3v) is 4.81. The molecule has 1 aromatic heterocycles. The fourth-order valence-corrected chi connectivity index (χ4v) is 3.32. The quantitative estimate of drug-likeness (QED) is 0.711. The number of nitrogens with one attached hydrogen (secondary N) is 1. The number of hydrogen-bond donors (Lipinski definition) is 1. The smallest absolute Gasteiger partial charge is 0.273 e. The number of ether oxygens (including phenoxy) is 1. The summed E-state index contributed by atoms with van der Waals surface area (Å²) in [6.45, 7) is 11.3. The molecule has 152 valence electrons. The van der Waals surface area contributed by atoms with Crippen molar-refractivity contribution >= 4 is 5.91 Å². The Bertz CT molecular complexity index is 756. The van der Waals surface area contributed by atoms with E-state index in [0.29, 0.717) is 24.7 Å². The largest absolute Gasteiger partial charge is 0.447 e. The lowest BCUT2D eigenvalue weighted by atomic mass is 10.1. The topological polar surface area (TPSA) is 70.8 Å². The minimum atomic E-state index is -0.198. The van der Waals surface area contributed by atoms with Crippen molar-refractivity contribution in [2.75, 3.05) is 45.9 Å². The van der Waals surface area contributed by atoms with Gasteiger partial charge in [-0.1, -0.05) is 29.8 Å². The molecule has 1 N–H and O–H groups in total. The zero-order valence-electron chi connectivity index (χ0n) is 16.8. The van der Waals surface area contributed by atoms with Crippen molar-refractivity contribution in [2.24, 2.45) is 0 Å². The van der Waals surface area contributed by atoms with Crippen LogP contribution >= 0.6 is 0 Å². The SMILES string of the molecule is CCNC(=O)c1coc(CN(CCN2CCOCC2)Cc2cccc(C)c2)n1. The number of hydrogen-bond acceptors (Lipinski definition) is 6. The number of carbonyl (C=O) groups is 1. The van der Waals surface area contributed by atoms with Gasteiger partial charge in [0.25, 0.3) is 5.91 Å². The summed E-state index contributed by atoms with van der Waals surface area (Å²) < 4.78 is 11.0. The lowest BCUT2D eigenvalue weighted by Gasteiger charge is -2.29. The van der Waals surface area contributed by atoms with Gasteiger partial charge in [0.15, 0.2) is 5.69 Å². The Morgan fingerprint density at radius 1 is 1.29 bits per heavy atom. The molecule has 0 saturated carbocycles. The van der Waals surface area contributed by atoms with Gasteiger partial charge in [-0.2, -0.15) is 0 Å². The van der Waals surface area contributed by atoms with Crippen molar-refractivity contribution in [1.82, 2.24) is 20.1 Å². The van der Waals surface area contributed by atoms with E-state index in [1.807, 2.05) is 6.92 Å². The molecule has 3 rings (SSSR count). The summed E-state index contributed by atoms with van der Waals surface area (Å²) in [7, 11) is 0. The molecule has 0 atom stereocenters. The van der Waals surface area contributed by atoms with Crippen molar-refractivity contribution in [2.45, 2.75) is 26.9 Å². The van der Waals surface area contributed by atoms with Gasteiger partial charge in [0.2, 0.25) is 5.89 Å². The van der Waals surface area contributed by atoms with Gasteiger partial charge < -0.3 is 14.5 Å². The highest BCUT2D eigenvalue weighted by atomic mass is 16.5. The van der Waals surface area contributed by atoms with Gasteiger partial charge in [-0.25, -0.2) is 4.98 Å². The van der Waals surface area contributed by atoms with Gasteiger partial charge in [-0.3, -0.25) is 14.6 Å². The van der Waals surface area contributed by atoms with Crippen LogP contribution in [-0.2, 0) is 17.8 Å². The molecule has 2 heterocycles. The second kappa shape index (κ2) is 10.4.